The summed E-state index contributed by atoms with van der Waals surface area (Å²) in [6.45, 7) is 13.2. The number of rotatable bonds is 13. The summed E-state index contributed by atoms with van der Waals surface area (Å²) in [4.78, 5) is 9.46. The van der Waals surface area contributed by atoms with Gasteiger partial charge in [-0.3, -0.25) is 14.7 Å². The fourth-order valence-electron chi connectivity index (χ4n) is 2.94. The molecule has 1 aromatic heterocycles. The van der Waals surface area contributed by atoms with Crippen LogP contribution in [0.5, 0.6) is 0 Å². The molecule has 172 valence electrons. The number of benzene rings is 1. The highest BCUT2D eigenvalue weighted by Gasteiger charge is 2.07. The topological polar surface area (TPSA) is 48.8 Å². The number of allylic oxidation sites excluding steroid dienone is 4. The molecule has 0 saturated carbocycles. The van der Waals surface area contributed by atoms with Crippen molar-refractivity contribution >= 4 is 43.8 Å². The molecule has 0 saturated heterocycles. The number of aliphatic imine (C=N–C) groups is 2. The Kier molecular flexibility index (Phi) is 12.6. The smallest absolute Gasteiger partial charge is 0.0751 e. The van der Waals surface area contributed by atoms with Crippen molar-refractivity contribution in [3.05, 3.63) is 75.7 Å². The van der Waals surface area contributed by atoms with E-state index in [1.807, 2.05) is 6.21 Å². The molecule has 2 N–H and O–H groups in total. The van der Waals surface area contributed by atoms with Crippen molar-refractivity contribution in [3.8, 4) is 0 Å². The van der Waals surface area contributed by atoms with Crippen LogP contribution in [0.15, 0.2) is 78.8 Å². The lowest BCUT2D eigenvalue weighted by Crippen LogP contribution is -2.18. The van der Waals surface area contributed by atoms with Crippen molar-refractivity contribution in [2.75, 3.05) is 26.3 Å². The van der Waals surface area contributed by atoms with Gasteiger partial charge in [0.1, 0.15) is 0 Å². The quantitative estimate of drug-likeness (QED) is 0.144. The number of nitrogens with zero attached hydrogens (tertiary/aromatic N) is 2. The SMILES string of the molecule is CCN=C/C(PC)=C(C)/N=C(/C=C(\C)NCCCNSc1cccs1)c1ccccc1C. The molecule has 0 aliphatic heterocycles. The maximum Gasteiger partial charge on any atom is 0.0751 e. The summed E-state index contributed by atoms with van der Waals surface area (Å²) in [6, 6.07) is 12.6. The molecule has 2 aromatic rings. The van der Waals surface area contributed by atoms with E-state index in [9.17, 15) is 0 Å². The second-order valence-corrected chi connectivity index (χ2v) is 10.4. The van der Waals surface area contributed by atoms with Crippen molar-refractivity contribution in [1.29, 1.82) is 0 Å². The van der Waals surface area contributed by atoms with Gasteiger partial charge in [0.15, 0.2) is 0 Å². The van der Waals surface area contributed by atoms with Gasteiger partial charge in [0, 0.05) is 48.1 Å². The van der Waals surface area contributed by atoms with Gasteiger partial charge in [-0.2, -0.15) is 0 Å². The van der Waals surface area contributed by atoms with Crippen molar-refractivity contribution in [3.63, 3.8) is 0 Å². The van der Waals surface area contributed by atoms with Crippen molar-refractivity contribution < 1.29 is 0 Å². The van der Waals surface area contributed by atoms with Crippen LogP contribution in [0.4, 0.5) is 0 Å². The van der Waals surface area contributed by atoms with Crippen molar-refractivity contribution in [1.82, 2.24) is 10.0 Å². The predicted molar refractivity (Wildman–Crippen MR) is 148 cm³/mol. The van der Waals surface area contributed by atoms with Crippen LogP contribution in [-0.4, -0.2) is 38.2 Å². The average molecular weight is 487 g/mol. The highest BCUT2D eigenvalue weighted by atomic mass is 32.2. The van der Waals surface area contributed by atoms with Gasteiger partial charge in [-0.25, -0.2) is 0 Å². The number of hydrogen-bond donors (Lipinski definition) is 2. The summed E-state index contributed by atoms with van der Waals surface area (Å²) in [5, 5.41) is 6.84. The van der Waals surface area contributed by atoms with E-state index in [4.69, 9.17) is 4.99 Å². The normalized spacial score (nSPS) is 13.9. The third kappa shape index (κ3) is 9.41. The van der Waals surface area contributed by atoms with E-state index in [1.54, 1.807) is 23.3 Å². The highest BCUT2D eigenvalue weighted by Crippen LogP contribution is 2.23. The third-order valence-electron chi connectivity index (χ3n) is 4.65. The third-order valence-corrected chi connectivity index (χ3v) is 7.57. The van der Waals surface area contributed by atoms with Crippen molar-refractivity contribution in [2.24, 2.45) is 9.98 Å². The van der Waals surface area contributed by atoms with Crippen LogP contribution in [0.3, 0.4) is 0 Å². The first-order valence-electron chi connectivity index (χ1n) is 10.9. The largest absolute Gasteiger partial charge is 0.388 e. The van der Waals surface area contributed by atoms with E-state index in [0.717, 1.165) is 48.7 Å². The van der Waals surface area contributed by atoms with Crippen LogP contribution in [0.25, 0.3) is 0 Å². The first kappa shape index (κ1) is 26.5. The summed E-state index contributed by atoms with van der Waals surface area (Å²) in [5.74, 6) is 0. The average Bonchev–Trinajstić information content (AvgIpc) is 3.30. The van der Waals surface area contributed by atoms with E-state index in [2.05, 4.69) is 97.2 Å². The Bertz CT molecular complexity index is 947. The Hall–Kier alpha value is -1.72. The standard InChI is InChI=1S/C25H35N4PS2/c1-6-26-18-24(30-5)21(4)29-23(22-12-8-7-11-19(22)2)17-20(3)27-14-10-15-28-32-25-13-9-16-31-25/h7-9,11-13,16-18,27-28,30H,6,10,14-15H2,1-5H3/b20-17+,24-21-,26-18?,29-23-. The molecule has 7 heteroatoms. The molecule has 0 fully saturated rings. The summed E-state index contributed by atoms with van der Waals surface area (Å²) < 4.78 is 4.72. The second-order valence-electron chi connectivity index (χ2n) is 7.23. The first-order chi connectivity index (χ1) is 15.5. The van der Waals surface area contributed by atoms with Crippen LogP contribution in [-0.2, 0) is 0 Å². The first-order valence-corrected chi connectivity index (χ1v) is 14.1. The van der Waals surface area contributed by atoms with Gasteiger partial charge >= 0.3 is 0 Å². The van der Waals surface area contributed by atoms with Gasteiger partial charge in [0.05, 0.1) is 9.92 Å². The Morgan fingerprint density at radius 1 is 1.16 bits per heavy atom. The second kappa shape index (κ2) is 15.2. The number of nitrogens with one attached hydrogen (secondary N) is 2. The number of aryl methyl sites for hydroxylation is 1. The van der Waals surface area contributed by atoms with E-state index in [-0.39, 0.29) is 0 Å². The lowest BCUT2D eigenvalue weighted by molar-refractivity contribution is 0.717. The van der Waals surface area contributed by atoms with Crippen LogP contribution in [0.2, 0.25) is 0 Å². The molecule has 4 nitrogen and oxygen atoms in total. The van der Waals surface area contributed by atoms with Crippen LogP contribution in [0.1, 0.15) is 38.3 Å². The lowest BCUT2D eigenvalue weighted by Gasteiger charge is -2.11. The maximum absolute atomic E-state index is 5.04. The summed E-state index contributed by atoms with van der Waals surface area (Å²) in [5.41, 5.74) is 5.51. The minimum atomic E-state index is 0.660. The highest BCUT2D eigenvalue weighted by molar-refractivity contribution is 7.99. The fourth-order valence-corrected chi connectivity index (χ4v) is 5.10. The number of thiophene rings is 1. The molecule has 1 heterocycles. The van der Waals surface area contributed by atoms with Gasteiger partial charge in [0.2, 0.25) is 0 Å². The summed E-state index contributed by atoms with van der Waals surface area (Å²) in [7, 11) is 0.660. The molecular formula is C25H35N4PS2. The summed E-state index contributed by atoms with van der Waals surface area (Å²) in [6.07, 6.45) is 5.18. The molecule has 1 aromatic carbocycles. The maximum atomic E-state index is 5.04. The zero-order valence-corrected chi connectivity index (χ0v) is 22.4. The fraction of sp³-hybridized carbons (Fsp3) is 0.360. The molecule has 2 rings (SSSR count). The summed E-state index contributed by atoms with van der Waals surface area (Å²) >= 11 is 3.47. The van der Waals surface area contributed by atoms with Crippen molar-refractivity contribution in [2.45, 2.75) is 38.3 Å². The van der Waals surface area contributed by atoms with E-state index in [1.165, 1.54) is 15.1 Å². The Morgan fingerprint density at radius 2 is 1.97 bits per heavy atom. The van der Waals surface area contributed by atoms with Gasteiger partial charge in [-0.15, -0.1) is 11.3 Å². The van der Waals surface area contributed by atoms with Gasteiger partial charge in [-0.1, -0.05) is 38.9 Å². The molecular weight excluding hydrogens is 451 g/mol. The van der Waals surface area contributed by atoms with Crippen LogP contribution in [0, 0.1) is 6.92 Å². The van der Waals surface area contributed by atoms with Gasteiger partial charge in [-0.05, 0) is 75.8 Å². The molecule has 0 radical (unpaired) electrons. The Balaban J connectivity index is 2.08. The van der Waals surface area contributed by atoms with Gasteiger partial charge < -0.3 is 5.32 Å². The minimum Gasteiger partial charge on any atom is -0.388 e. The van der Waals surface area contributed by atoms with Crippen LogP contribution >= 0.6 is 31.9 Å². The molecule has 0 bridgehead atoms. The molecule has 1 unspecified atom stereocenters. The zero-order chi connectivity index (χ0) is 23.2. The minimum absolute atomic E-state index is 0.660. The number of hydrogen-bond acceptors (Lipinski definition) is 6. The molecule has 1 atom stereocenters. The van der Waals surface area contributed by atoms with Gasteiger partial charge in [0.25, 0.3) is 0 Å². The van der Waals surface area contributed by atoms with E-state index in [0.29, 0.717) is 8.58 Å². The van der Waals surface area contributed by atoms with E-state index < -0.39 is 0 Å². The molecule has 0 aliphatic carbocycles. The van der Waals surface area contributed by atoms with E-state index >= 15 is 0 Å². The molecule has 0 spiro atoms. The Morgan fingerprint density at radius 3 is 2.66 bits per heavy atom. The molecule has 32 heavy (non-hydrogen) atoms. The van der Waals surface area contributed by atoms with Crippen LogP contribution < -0.4 is 10.0 Å². The Labute approximate surface area is 203 Å². The monoisotopic (exact) mass is 486 g/mol. The molecule has 0 aliphatic rings. The zero-order valence-electron chi connectivity index (χ0n) is 19.7. The molecule has 0 amide bonds. The predicted octanol–water partition coefficient (Wildman–Crippen LogP) is 6.66. The lowest BCUT2D eigenvalue weighted by atomic mass is 10.0.